The summed E-state index contributed by atoms with van der Waals surface area (Å²) in [5.41, 5.74) is 0.669. The normalized spacial score (nSPS) is 14.8. The highest BCUT2D eigenvalue weighted by Crippen LogP contribution is 2.20. The third kappa shape index (κ3) is 3.85. The number of aliphatic hydroxyl groups is 2. The van der Waals surface area contributed by atoms with Crippen LogP contribution < -0.4 is 0 Å². The van der Waals surface area contributed by atoms with Crippen molar-refractivity contribution >= 4 is 15.9 Å². The molecule has 0 saturated carbocycles. The van der Waals surface area contributed by atoms with E-state index in [1.54, 1.807) is 6.07 Å². The molecule has 0 saturated heterocycles. The molecule has 90 valence electrons. The number of benzene rings is 1. The first kappa shape index (κ1) is 13.6. The second kappa shape index (κ2) is 6.33. The van der Waals surface area contributed by atoms with Crippen molar-refractivity contribution in [1.29, 1.82) is 0 Å². The van der Waals surface area contributed by atoms with E-state index in [9.17, 15) is 14.6 Å². The minimum atomic E-state index is -0.849. The van der Waals surface area contributed by atoms with Crippen LogP contribution in [0.3, 0.4) is 0 Å². The first-order chi connectivity index (χ1) is 7.54. The van der Waals surface area contributed by atoms with Crippen molar-refractivity contribution in [3.63, 3.8) is 0 Å². The van der Waals surface area contributed by atoms with Crippen molar-refractivity contribution < 1.29 is 14.6 Å². The number of rotatable bonds is 5. The molecule has 2 unspecified atom stereocenters. The fourth-order valence-corrected chi connectivity index (χ4v) is 1.96. The summed E-state index contributed by atoms with van der Waals surface area (Å²) in [7, 11) is 0. The molecule has 2 atom stereocenters. The van der Waals surface area contributed by atoms with E-state index in [1.807, 2.05) is 6.92 Å². The number of halogens is 2. The highest BCUT2D eigenvalue weighted by molar-refractivity contribution is 9.10. The van der Waals surface area contributed by atoms with E-state index in [0.717, 1.165) is 10.9 Å². The zero-order valence-corrected chi connectivity index (χ0v) is 10.7. The van der Waals surface area contributed by atoms with Gasteiger partial charge in [0.1, 0.15) is 5.82 Å². The summed E-state index contributed by atoms with van der Waals surface area (Å²) >= 11 is 3.29. The van der Waals surface area contributed by atoms with Gasteiger partial charge in [-0.05, 0) is 30.2 Å². The average Bonchev–Trinajstić information content (AvgIpc) is 2.23. The number of hydrogen-bond donors (Lipinski definition) is 2. The Bertz CT molecular complexity index is 344. The maximum Gasteiger partial charge on any atom is 0.123 e. The van der Waals surface area contributed by atoms with Gasteiger partial charge in [0.25, 0.3) is 0 Å². The smallest absolute Gasteiger partial charge is 0.123 e. The maximum absolute atomic E-state index is 13.0. The molecule has 1 aromatic rings. The van der Waals surface area contributed by atoms with E-state index in [0.29, 0.717) is 12.0 Å². The van der Waals surface area contributed by atoms with Crippen molar-refractivity contribution in [2.45, 2.75) is 38.4 Å². The molecule has 0 aliphatic rings. The van der Waals surface area contributed by atoms with Crippen LogP contribution in [-0.2, 0) is 6.42 Å². The van der Waals surface area contributed by atoms with Crippen LogP contribution in [0.4, 0.5) is 4.39 Å². The van der Waals surface area contributed by atoms with Crippen molar-refractivity contribution in [2.75, 3.05) is 0 Å². The van der Waals surface area contributed by atoms with Crippen LogP contribution in [0.2, 0.25) is 0 Å². The summed E-state index contributed by atoms with van der Waals surface area (Å²) in [6.07, 6.45) is 0.00843. The monoisotopic (exact) mass is 290 g/mol. The first-order valence-electron chi connectivity index (χ1n) is 5.34. The van der Waals surface area contributed by atoms with Crippen LogP contribution in [0, 0.1) is 5.82 Å². The summed E-state index contributed by atoms with van der Waals surface area (Å²) in [6.45, 7) is 1.94. The molecule has 0 bridgehead atoms. The van der Waals surface area contributed by atoms with E-state index < -0.39 is 12.2 Å². The molecule has 2 nitrogen and oxygen atoms in total. The van der Waals surface area contributed by atoms with Gasteiger partial charge in [-0.1, -0.05) is 29.3 Å². The van der Waals surface area contributed by atoms with Gasteiger partial charge in [0, 0.05) is 10.9 Å². The Labute approximate surface area is 103 Å². The van der Waals surface area contributed by atoms with E-state index in [-0.39, 0.29) is 12.2 Å². The molecule has 0 aliphatic carbocycles. The molecule has 0 radical (unpaired) electrons. The molecular formula is C12H16BrFO2. The van der Waals surface area contributed by atoms with E-state index in [2.05, 4.69) is 15.9 Å². The van der Waals surface area contributed by atoms with Crippen LogP contribution in [0.15, 0.2) is 22.7 Å². The fourth-order valence-electron chi connectivity index (χ4n) is 1.55. The summed E-state index contributed by atoms with van der Waals surface area (Å²) in [4.78, 5) is 0. The fraction of sp³-hybridized carbons (Fsp3) is 0.500. The van der Waals surface area contributed by atoms with Gasteiger partial charge in [0.2, 0.25) is 0 Å². The van der Waals surface area contributed by atoms with Crippen molar-refractivity contribution in [1.82, 2.24) is 0 Å². The van der Waals surface area contributed by atoms with Gasteiger partial charge in [0.05, 0.1) is 12.2 Å². The van der Waals surface area contributed by atoms with Gasteiger partial charge in [-0.3, -0.25) is 0 Å². The summed E-state index contributed by atoms with van der Waals surface area (Å²) in [5, 5.41) is 19.3. The minimum absolute atomic E-state index is 0.250. The Morgan fingerprint density at radius 2 is 2.00 bits per heavy atom. The van der Waals surface area contributed by atoms with Crippen LogP contribution >= 0.6 is 15.9 Å². The van der Waals surface area contributed by atoms with Gasteiger partial charge >= 0.3 is 0 Å². The predicted molar refractivity (Wildman–Crippen MR) is 64.7 cm³/mol. The third-order valence-corrected chi connectivity index (χ3v) is 3.24. The lowest BCUT2D eigenvalue weighted by Crippen LogP contribution is -2.27. The Kier molecular flexibility index (Phi) is 5.38. The number of aliphatic hydroxyl groups excluding tert-OH is 2. The highest BCUT2D eigenvalue weighted by Gasteiger charge is 2.17. The van der Waals surface area contributed by atoms with Crippen molar-refractivity contribution in [2.24, 2.45) is 0 Å². The Hall–Kier alpha value is -0.450. The minimum Gasteiger partial charge on any atom is -0.390 e. The molecule has 1 aromatic carbocycles. The van der Waals surface area contributed by atoms with Gasteiger partial charge in [-0.2, -0.15) is 0 Å². The molecule has 0 aromatic heterocycles. The predicted octanol–water partition coefficient (Wildman–Crippen LogP) is 2.65. The molecule has 0 spiro atoms. The van der Waals surface area contributed by atoms with Gasteiger partial charge < -0.3 is 10.2 Å². The number of hydrogen-bond acceptors (Lipinski definition) is 2. The highest BCUT2D eigenvalue weighted by atomic mass is 79.9. The summed E-state index contributed by atoms with van der Waals surface area (Å²) in [6, 6.07) is 4.32. The summed E-state index contributed by atoms with van der Waals surface area (Å²) < 4.78 is 13.7. The SMILES string of the molecule is CCCC(O)C(O)Cc1cc(F)ccc1Br. The lowest BCUT2D eigenvalue weighted by Gasteiger charge is -2.17. The first-order valence-corrected chi connectivity index (χ1v) is 6.14. The van der Waals surface area contributed by atoms with Crippen molar-refractivity contribution in [3.8, 4) is 0 Å². The molecule has 0 heterocycles. The van der Waals surface area contributed by atoms with Crippen LogP contribution in [-0.4, -0.2) is 22.4 Å². The molecule has 0 aliphatic heterocycles. The molecule has 0 fully saturated rings. The largest absolute Gasteiger partial charge is 0.390 e. The topological polar surface area (TPSA) is 40.5 Å². The van der Waals surface area contributed by atoms with Crippen LogP contribution in [0.1, 0.15) is 25.3 Å². The Morgan fingerprint density at radius 1 is 1.31 bits per heavy atom. The average molecular weight is 291 g/mol. The molecule has 1 rings (SSSR count). The Balaban J connectivity index is 2.68. The lowest BCUT2D eigenvalue weighted by molar-refractivity contribution is 0.0147. The van der Waals surface area contributed by atoms with Gasteiger partial charge in [0.15, 0.2) is 0 Å². The second-order valence-corrected chi connectivity index (χ2v) is 4.72. The van der Waals surface area contributed by atoms with E-state index in [1.165, 1.54) is 12.1 Å². The molecule has 0 amide bonds. The maximum atomic E-state index is 13.0. The Morgan fingerprint density at radius 3 is 2.62 bits per heavy atom. The second-order valence-electron chi connectivity index (χ2n) is 3.86. The molecule has 16 heavy (non-hydrogen) atoms. The zero-order valence-electron chi connectivity index (χ0n) is 9.16. The van der Waals surface area contributed by atoms with E-state index in [4.69, 9.17) is 0 Å². The van der Waals surface area contributed by atoms with Crippen LogP contribution in [0.5, 0.6) is 0 Å². The molecule has 4 heteroatoms. The van der Waals surface area contributed by atoms with Crippen LogP contribution in [0.25, 0.3) is 0 Å². The molecular weight excluding hydrogens is 275 g/mol. The quantitative estimate of drug-likeness (QED) is 0.875. The lowest BCUT2D eigenvalue weighted by atomic mass is 10.0. The van der Waals surface area contributed by atoms with E-state index >= 15 is 0 Å². The van der Waals surface area contributed by atoms with Crippen molar-refractivity contribution in [3.05, 3.63) is 34.1 Å². The third-order valence-electron chi connectivity index (χ3n) is 2.47. The van der Waals surface area contributed by atoms with Gasteiger partial charge in [-0.25, -0.2) is 4.39 Å². The van der Waals surface area contributed by atoms with Gasteiger partial charge in [-0.15, -0.1) is 0 Å². The zero-order chi connectivity index (χ0) is 12.1. The standard InChI is InChI=1S/C12H16BrFO2/c1-2-3-11(15)12(16)7-8-6-9(14)4-5-10(8)13/h4-6,11-12,15-16H,2-3,7H2,1H3. The molecule has 2 N–H and O–H groups in total. The summed E-state index contributed by atoms with van der Waals surface area (Å²) in [5.74, 6) is -0.338.